The smallest absolute Gasteiger partial charge is 0.379 e. The van der Waals surface area contributed by atoms with Gasteiger partial charge in [0.25, 0.3) is 0 Å². The van der Waals surface area contributed by atoms with E-state index in [0.717, 1.165) is 76.0 Å². The lowest BCUT2D eigenvalue weighted by Gasteiger charge is -2.48. The predicted molar refractivity (Wildman–Crippen MR) is 101 cm³/mol. The molecule has 1 aromatic rings. The first-order valence-electron chi connectivity index (χ1n) is 9.65. The molecule has 1 aliphatic heterocycles. The molecule has 0 spiro atoms. The fourth-order valence-electron chi connectivity index (χ4n) is 3.94. The fourth-order valence-corrected chi connectivity index (χ4v) is 4.61. The topological polar surface area (TPSA) is 54.5 Å². The number of nitrogens with one attached hydrogen (secondary N) is 1. The van der Waals surface area contributed by atoms with Gasteiger partial charge in [0.05, 0.1) is 29.6 Å². The number of thioether (sulfide) groups is 1. The lowest BCUT2D eigenvalue weighted by atomic mass is 9.79. The quantitative estimate of drug-likeness (QED) is 0.720. The number of pyridine rings is 1. The number of halogens is 3. The monoisotopic (exact) mass is 417 g/mol. The van der Waals surface area contributed by atoms with Gasteiger partial charge in [0, 0.05) is 31.4 Å². The van der Waals surface area contributed by atoms with Crippen molar-refractivity contribution in [2.75, 3.05) is 38.6 Å². The highest BCUT2D eigenvalue weighted by molar-refractivity contribution is 7.99. The maximum Gasteiger partial charge on any atom is 0.417 e. The van der Waals surface area contributed by atoms with Gasteiger partial charge >= 0.3 is 6.18 Å². The van der Waals surface area contributed by atoms with Crippen molar-refractivity contribution in [2.45, 2.75) is 48.8 Å². The normalized spacial score (nSPS) is 20.7. The first-order valence-corrected chi connectivity index (χ1v) is 10.6. The highest BCUT2D eigenvalue weighted by atomic mass is 32.2. The van der Waals surface area contributed by atoms with Gasteiger partial charge in [-0.25, -0.2) is 4.98 Å². The van der Waals surface area contributed by atoms with Crippen LogP contribution in [0.2, 0.25) is 0 Å². The van der Waals surface area contributed by atoms with Crippen molar-refractivity contribution < 1.29 is 22.7 Å². The Balaban J connectivity index is 1.50. The predicted octanol–water partition coefficient (Wildman–Crippen LogP) is 3.34. The van der Waals surface area contributed by atoms with Crippen molar-refractivity contribution in [3.63, 3.8) is 0 Å². The van der Waals surface area contributed by atoms with Gasteiger partial charge in [-0.1, -0.05) is 31.0 Å². The molecule has 2 heterocycles. The Morgan fingerprint density at radius 3 is 2.54 bits per heavy atom. The van der Waals surface area contributed by atoms with Crippen LogP contribution in [0.15, 0.2) is 23.4 Å². The van der Waals surface area contributed by atoms with Crippen LogP contribution in [0.4, 0.5) is 13.2 Å². The molecule has 1 aromatic heterocycles. The van der Waals surface area contributed by atoms with Gasteiger partial charge in [-0.15, -0.1) is 0 Å². The Bertz CT molecular complexity index is 643. The summed E-state index contributed by atoms with van der Waals surface area (Å²) in [5.74, 6) is 0.0160. The van der Waals surface area contributed by atoms with E-state index in [0.29, 0.717) is 11.6 Å². The Morgan fingerprint density at radius 2 is 1.93 bits per heavy atom. The molecule has 156 valence electrons. The molecule has 1 N–H and O–H groups in total. The summed E-state index contributed by atoms with van der Waals surface area (Å²) < 4.78 is 43.2. The van der Waals surface area contributed by atoms with E-state index in [1.54, 1.807) is 0 Å². The highest BCUT2D eigenvalue weighted by Gasteiger charge is 2.38. The Labute approximate surface area is 167 Å². The van der Waals surface area contributed by atoms with Gasteiger partial charge in [-0.2, -0.15) is 13.2 Å². The number of ether oxygens (including phenoxy) is 1. The van der Waals surface area contributed by atoms with Crippen LogP contribution in [-0.2, 0) is 15.7 Å². The van der Waals surface area contributed by atoms with Crippen molar-refractivity contribution in [1.82, 2.24) is 15.2 Å². The van der Waals surface area contributed by atoms with E-state index < -0.39 is 11.7 Å². The van der Waals surface area contributed by atoms with E-state index >= 15 is 0 Å². The summed E-state index contributed by atoms with van der Waals surface area (Å²) in [4.78, 5) is 18.6. The van der Waals surface area contributed by atoms with E-state index in [2.05, 4.69) is 15.2 Å². The summed E-state index contributed by atoms with van der Waals surface area (Å²) in [6.07, 6.45) is 2.10. The van der Waals surface area contributed by atoms with E-state index in [1.165, 1.54) is 12.5 Å². The largest absolute Gasteiger partial charge is 0.417 e. The van der Waals surface area contributed by atoms with Gasteiger partial charge in [-0.05, 0) is 25.0 Å². The molecule has 1 amide bonds. The number of alkyl halides is 3. The molecule has 2 fully saturated rings. The summed E-state index contributed by atoms with van der Waals surface area (Å²) >= 11 is 1.14. The maximum atomic E-state index is 12.6. The van der Waals surface area contributed by atoms with Crippen molar-refractivity contribution in [3.05, 3.63) is 23.9 Å². The Morgan fingerprint density at radius 1 is 1.21 bits per heavy atom. The first kappa shape index (κ1) is 21.4. The summed E-state index contributed by atoms with van der Waals surface area (Å²) in [6, 6.07) is 2.29. The zero-order valence-electron chi connectivity index (χ0n) is 15.8. The third-order valence-corrected chi connectivity index (χ3v) is 6.44. The highest BCUT2D eigenvalue weighted by Crippen LogP contribution is 2.34. The standard InChI is InChI=1S/C19H26F3N3O2S/c20-19(21,22)15-4-5-17(23-12-15)28-13-16(26)24-14-18(6-2-1-3-7-18)25-8-10-27-11-9-25/h4-5,12H,1-3,6-11,13-14H2,(H,24,26). The number of rotatable bonds is 6. The second-order valence-electron chi connectivity index (χ2n) is 7.33. The number of hydrogen-bond donors (Lipinski definition) is 1. The summed E-state index contributed by atoms with van der Waals surface area (Å²) in [5.41, 5.74) is -0.791. The van der Waals surface area contributed by atoms with Crippen molar-refractivity contribution in [1.29, 1.82) is 0 Å². The van der Waals surface area contributed by atoms with Gasteiger partial charge < -0.3 is 10.1 Å². The molecular formula is C19H26F3N3O2S. The number of carbonyl (C=O) groups is 1. The average molecular weight is 417 g/mol. The minimum absolute atomic E-state index is 0.00500. The number of morpholine rings is 1. The minimum atomic E-state index is -4.40. The third kappa shape index (κ3) is 5.61. The summed E-state index contributed by atoms with van der Waals surface area (Å²) in [7, 11) is 0. The molecule has 3 rings (SSSR count). The molecule has 5 nitrogen and oxygen atoms in total. The first-order chi connectivity index (χ1) is 13.4. The van der Waals surface area contributed by atoms with Crippen LogP contribution in [0.3, 0.4) is 0 Å². The SMILES string of the molecule is O=C(CSc1ccc(C(F)(F)F)cn1)NCC1(N2CCOCC2)CCCCC1. The molecule has 0 unspecified atom stereocenters. The number of amides is 1. The molecule has 0 radical (unpaired) electrons. The molecule has 2 aliphatic rings. The van der Waals surface area contributed by atoms with Gasteiger partial charge in [0.15, 0.2) is 0 Å². The summed E-state index contributed by atoms with van der Waals surface area (Å²) in [5, 5.41) is 3.45. The van der Waals surface area contributed by atoms with E-state index in [1.807, 2.05) is 0 Å². The molecule has 0 atom stereocenters. The van der Waals surface area contributed by atoms with Gasteiger partial charge in [0.1, 0.15) is 0 Å². The van der Waals surface area contributed by atoms with E-state index in [4.69, 9.17) is 4.74 Å². The van der Waals surface area contributed by atoms with Gasteiger partial charge in [-0.3, -0.25) is 9.69 Å². The number of hydrogen-bond acceptors (Lipinski definition) is 5. The minimum Gasteiger partial charge on any atom is -0.379 e. The zero-order valence-corrected chi connectivity index (χ0v) is 16.6. The molecule has 0 bridgehead atoms. The third-order valence-electron chi connectivity index (χ3n) is 5.50. The number of aromatic nitrogens is 1. The number of nitrogens with zero attached hydrogens (tertiary/aromatic N) is 2. The Kier molecular flexibility index (Phi) is 7.22. The van der Waals surface area contributed by atoms with Crippen LogP contribution >= 0.6 is 11.8 Å². The molecule has 9 heteroatoms. The molecule has 1 aliphatic carbocycles. The Hall–Kier alpha value is -1.32. The molecule has 0 aromatic carbocycles. The average Bonchev–Trinajstić information content (AvgIpc) is 2.72. The van der Waals surface area contributed by atoms with Crippen molar-refractivity contribution in [2.24, 2.45) is 0 Å². The van der Waals surface area contributed by atoms with Crippen molar-refractivity contribution >= 4 is 17.7 Å². The zero-order chi connectivity index (χ0) is 20.0. The summed E-state index contributed by atoms with van der Waals surface area (Å²) in [6.45, 7) is 3.84. The van der Waals surface area contributed by atoms with Crippen LogP contribution in [0.1, 0.15) is 37.7 Å². The second-order valence-corrected chi connectivity index (χ2v) is 8.33. The fraction of sp³-hybridized carbons (Fsp3) is 0.684. The lowest BCUT2D eigenvalue weighted by Crippen LogP contribution is -2.59. The van der Waals surface area contributed by atoms with Crippen molar-refractivity contribution in [3.8, 4) is 0 Å². The van der Waals surface area contributed by atoms with E-state index in [9.17, 15) is 18.0 Å². The van der Waals surface area contributed by atoms with Crippen LogP contribution < -0.4 is 5.32 Å². The van der Waals surface area contributed by atoms with E-state index in [-0.39, 0.29) is 17.2 Å². The second kappa shape index (κ2) is 9.45. The van der Waals surface area contributed by atoms with Crippen LogP contribution in [0.5, 0.6) is 0 Å². The van der Waals surface area contributed by atoms with Crippen LogP contribution in [0.25, 0.3) is 0 Å². The van der Waals surface area contributed by atoms with Crippen LogP contribution in [-0.4, -0.2) is 59.9 Å². The maximum absolute atomic E-state index is 12.6. The molecule has 1 saturated heterocycles. The molecular weight excluding hydrogens is 391 g/mol. The number of carbonyl (C=O) groups excluding carboxylic acids is 1. The molecule has 28 heavy (non-hydrogen) atoms. The van der Waals surface area contributed by atoms with Gasteiger partial charge in [0.2, 0.25) is 5.91 Å². The van der Waals surface area contributed by atoms with Crippen LogP contribution in [0, 0.1) is 0 Å². The lowest BCUT2D eigenvalue weighted by molar-refractivity contribution is -0.137. The molecule has 1 saturated carbocycles.